The van der Waals surface area contributed by atoms with Crippen molar-refractivity contribution in [2.24, 2.45) is 0 Å². The molecule has 1 aliphatic heterocycles. The zero-order chi connectivity index (χ0) is 22.2. The highest BCUT2D eigenvalue weighted by Gasteiger charge is 2.24. The second-order valence-corrected chi connectivity index (χ2v) is 7.49. The highest BCUT2D eigenvalue weighted by molar-refractivity contribution is 5.80. The Hall–Kier alpha value is -3.22. The molecule has 0 saturated carbocycles. The summed E-state index contributed by atoms with van der Waals surface area (Å²) in [5.74, 6) is 1.91. The summed E-state index contributed by atoms with van der Waals surface area (Å²) in [4.78, 5) is 28.3. The van der Waals surface area contributed by atoms with Crippen LogP contribution in [0.4, 0.5) is 0 Å². The van der Waals surface area contributed by atoms with Crippen LogP contribution in [0.5, 0.6) is 17.2 Å². The van der Waals surface area contributed by atoms with E-state index in [1.165, 1.54) is 5.56 Å². The van der Waals surface area contributed by atoms with Gasteiger partial charge < -0.3 is 24.0 Å². The van der Waals surface area contributed by atoms with Crippen molar-refractivity contribution in [2.75, 3.05) is 46.0 Å². The van der Waals surface area contributed by atoms with E-state index in [-0.39, 0.29) is 25.0 Å². The molecule has 2 aromatic carbocycles. The highest BCUT2D eigenvalue weighted by atomic mass is 16.5. The first-order chi connectivity index (χ1) is 15.0. The molecule has 0 radical (unpaired) electrons. The van der Waals surface area contributed by atoms with Gasteiger partial charge in [0.1, 0.15) is 17.2 Å². The van der Waals surface area contributed by atoms with Crippen LogP contribution in [0.25, 0.3) is 0 Å². The van der Waals surface area contributed by atoms with Crippen molar-refractivity contribution in [3.05, 3.63) is 53.6 Å². The summed E-state index contributed by atoms with van der Waals surface area (Å²) in [6, 6.07) is 13.0. The number of aryl methyl sites for hydroxylation is 2. The van der Waals surface area contributed by atoms with Crippen LogP contribution in [-0.4, -0.2) is 67.6 Å². The van der Waals surface area contributed by atoms with Crippen molar-refractivity contribution in [3.8, 4) is 17.2 Å². The van der Waals surface area contributed by atoms with Gasteiger partial charge in [-0.15, -0.1) is 0 Å². The molecule has 166 valence electrons. The number of hydrogen-bond donors (Lipinski definition) is 0. The lowest BCUT2D eigenvalue weighted by molar-refractivity contribution is -0.141. The van der Waals surface area contributed by atoms with Gasteiger partial charge in [-0.2, -0.15) is 0 Å². The fourth-order valence-corrected chi connectivity index (χ4v) is 3.28. The van der Waals surface area contributed by atoms with Crippen LogP contribution in [-0.2, 0) is 9.59 Å². The van der Waals surface area contributed by atoms with Crippen molar-refractivity contribution in [2.45, 2.75) is 20.8 Å². The van der Waals surface area contributed by atoms with E-state index in [0.717, 1.165) is 11.3 Å². The molecular formula is C24H30N2O5. The standard InChI is InChI=1S/C24H30N2O5/c1-4-29-20-7-9-21(10-8-20)30-16-23(27)25-11-13-26(14-12-25)24(28)17-31-22-6-5-18(2)19(3)15-22/h5-10,15H,4,11-14,16-17H2,1-3H3. The molecule has 2 aromatic rings. The third kappa shape index (κ3) is 6.38. The Kier molecular flexibility index (Phi) is 7.76. The maximum Gasteiger partial charge on any atom is 0.260 e. The largest absolute Gasteiger partial charge is 0.494 e. The number of piperazine rings is 1. The van der Waals surface area contributed by atoms with Crippen molar-refractivity contribution >= 4 is 11.8 Å². The SMILES string of the molecule is CCOc1ccc(OCC(=O)N2CCN(C(=O)COc3ccc(C)c(C)c3)CC2)cc1. The van der Waals surface area contributed by atoms with Crippen molar-refractivity contribution < 1.29 is 23.8 Å². The summed E-state index contributed by atoms with van der Waals surface area (Å²) < 4.78 is 16.6. The molecule has 1 heterocycles. The summed E-state index contributed by atoms with van der Waals surface area (Å²) in [6.45, 7) is 8.50. The van der Waals surface area contributed by atoms with E-state index in [1.54, 1.807) is 21.9 Å². The van der Waals surface area contributed by atoms with Gasteiger partial charge in [-0.05, 0) is 68.3 Å². The van der Waals surface area contributed by atoms with Gasteiger partial charge in [0, 0.05) is 26.2 Å². The number of nitrogens with zero attached hydrogens (tertiary/aromatic N) is 2. The van der Waals surface area contributed by atoms with Gasteiger partial charge in [-0.25, -0.2) is 0 Å². The van der Waals surface area contributed by atoms with Crippen molar-refractivity contribution in [3.63, 3.8) is 0 Å². The quantitative estimate of drug-likeness (QED) is 0.649. The van der Waals surface area contributed by atoms with E-state index in [1.807, 2.05) is 51.1 Å². The van der Waals surface area contributed by atoms with Crippen LogP contribution in [0.3, 0.4) is 0 Å². The second-order valence-electron chi connectivity index (χ2n) is 7.49. The Labute approximate surface area is 183 Å². The van der Waals surface area contributed by atoms with Crippen LogP contribution < -0.4 is 14.2 Å². The molecule has 3 rings (SSSR count). The monoisotopic (exact) mass is 426 g/mol. The molecule has 1 saturated heterocycles. The van der Waals surface area contributed by atoms with E-state index in [0.29, 0.717) is 44.3 Å². The van der Waals surface area contributed by atoms with Crippen molar-refractivity contribution in [1.29, 1.82) is 0 Å². The second kappa shape index (κ2) is 10.7. The smallest absolute Gasteiger partial charge is 0.260 e. The van der Waals surface area contributed by atoms with Gasteiger partial charge in [0.05, 0.1) is 6.61 Å². The summed E-state index contributed by atoms with van der Waals surface area (Å²) >= 11 is 0. The van der Waals surface area contributed by atoms with E-state index >= 15 is 0 Å². The molecule has 0 unspecified atom stereocenters. The first kappa shape index (κ1) is 22.5. The maximum absolute atomic E-state index is 12.4. The fourth-order valence-electron chi connectivity index (χ4n) is 3.28. The molecule has 7 nitrogen and oxygen atoms in total. The molecule has 7 heteroatoms. The molecule has 0 aliphatic carbocycles. The minimum atomic E-state index is -0.0904. The van der Waals surface area contributed by atoms with E-state index < -0.39 is 0 Å². The molecule has 0 spiro atoms. The zero-order valence-electron chi connectivity index (χ0n) is 18.4. The Bertz CT molecular complexity index is 889. The average molecular weight is 427 g/mol. The van der Waals surface area contributed by atoms with Gasteiger partial charge in [0.15, 0.2) is 13.2 Å². The minimum Gasteiger partial charge on any atom is -0.494 e. The molecule has 0 bridgehead atoms. The molecule has 31 heavy (non-hydrogen) atoms. The number of amides is 2. The Balaban J connectivity index is 1.39. The summed E-state index contributed by atoms with van der Waals surface area (Å²) in [5, 5.41) is 0. The normalized spacial score (nSPS) is 13.6. The molecule has 1 aliphatic rings. The van der Waals surface area contributed by atoms with Gasteiger partial charge >= 0.3 is 0 Å². The van der Waals surface area contributed by atoms with Crippen LogP contribution >= 0.6 is 0 Å². The van der Waals surface area contributed by atoms with Gasteiger partial charge in [0.25, 0.3) is 11.8 Å². The predicted molar refractivity (Wildman–Crippen MR) is 118 cm³/mol. The first-order valence-corrected chi connectivity index (χ1v) is 10.6. The molecule has 0 atom stereocenters. The number of carbonyl (C=O) groups is 2. The summed E-state index contributed by atoms with van der Waals surface area (Å²) in [5.41, 5.74) is 2.32. The van der Waals surface area contributed by atoms with Gasteiger partial charge in [0.2, 0.25) is 0 Å². The minimum absolute atomic E-state index is 0.00268. The van der Waals surface area contributed by atoms with Crippen molar-refractivity contribution in [1.82, 2.24) is 9.80 Å². The fraction of sp³-hybridized carbons (Fsp3) is 0.417. The van der Waals surface area contributed by atoms with Crippen LogP contribution in [0.1, 0.15) is 18.1 Å². The lowest BCUT2D eigenvalue weighted by Crippen LogP contribution is -2.52. The Morgan fingerprint density at radius 2 is 1.16 bits per heavy atom. The number of carbonyl (C=O) groups excluding carboxylic acids is 2. The first-order valence-electron chi connectivity index (χ1n) is 10.6. The molecule has 0 aromatic heterocycles. The Morgan fingerprint density at radius 3 is 1.65 bits per heavy atom. The number of hydrogen-bond acceptors (Lipinski definition) is 5. The molecular weight excluding hydrogens is 396 g/mol. The number of benzene rings is 2. The predicted octanol–water partition coefficient (Wildman–Crippen LogP) is 2.83. The van der Waals surface area contributed by atoms with Crippen LogP contribution in [0, 0.1) is 13.8 Å². The maximum atomic E-state index is 12.4. The van der Waals surface area contributed by atoms with Gasteiger partial charge in [-0.1, -0.05) is 6.07 Å². The summed E-state index contributed by atoms with van der Waals surface area (Å²) in [7, 11) is 0. The van der Waals surface area contributed by atoms with Gasteiger partial charge in [-0.3, -0.25) is 9.59 Å². The number of ether oxygens (including phenoxy) is 3. The Morgan fingerprint density at radius 1 is 0.710 bits per heavy atom. The van der Waals surface area contributed by atoms with Crippen LogP contribution in [0.2, 0.25) is 0 Å². The molecule has 1 fully saturated rings. The third-order valence-electron chi connectivity index (χ3n) is 5.32. The average Bonchev–Trinajstić information content (AvgIpc) is 2.79. The highest BCUT2D eigenvalue weighted by Crippen LogP contribution is 2.18. The summed E-state index contributed by atoms with van der Waals surface area (Å²) in [6.07, 6.45) is 0. The third-order valence-corrected chi connectivity index (χ3v) is 5.32. The lowest BCUT2D eigenvalue weighted by Gasteiger charge is -2.34. The van der Waals surface area contributed by atoms with E-state index in [9.17, 15) is 9.59 Å². The van der Waals surface area contributed by atoms with E-state index in [2.05, 4.69) is 0 Å². The zero-order valence-corrected chi connectivity index (χ0v) is 18.4. The van der Waals surface area contributed by atoms with E-state index in [4.69, 9.17) is 14.2 Å². The molecule has 2 amide bonds. The molecule has 0 N–H and O–H groups in total. The topological polar surface area (TPSA) is 68.3 Å². The number of rotatable bonds is 8. The lowest BCUT2D eigenvalue weighted by atomic mass is 10.1. The van der Waals surface area contributed by atoms with Crippen LogP contribution in [0.15, 0.2) is 42.5 Å².